The molecular weight excluding hydrogens is 460 g/mol. The molecule has 5 aromatic rings. The van der Waals surface area contributed by atoms with Crippen molar-refractivity contribution >= 4 is 23.2 Å². The maximum atomic E-state index is 12.0. The van der Waals surface area contributed by atoms with Gasteiger partial charge in [-0.1, -0.05) is 18.2 Å². The molecule has 12 nitrogen and oxygen atoms in total. The molecule has 0 aliphatic heterocycles. The molecule has 0 aliphatic rings. The molecule has 0 aliphatic carbocycles. The zero-order valence-electron chi connectivity index (χ0n) is 17.6. The summed E-state index contributed by atoms with van der Waals surface area (Å²) in [7, 11) is 0. The molecule has 0 saturated carbocycles. The number of pyridine rings is 1. The quantitative estimate of drug-likeness (QED) is 0.333. The number of carbonyl (C=O) groups excluding carboxylic acids is 1. The number of hydrogen-bond donors (Lipinski definition) is 3. The van der Waals surface area contributed by atoms with E-state index in [-0.39, 0.29) is 11.8 Å². The topological polar surface area (TPSA) is 165 Å². The van der Waals surface area contributed by atoms with Crippen LogP contribution in [0.2, 0.25) is 0 Å². The maximum Gasteiger partial charge on any atom is 0.434 e. The third kappa shape index (κ3) is 4.31. The van der Waals surface area contributed by atoms with Crippen LogP contribution in [0, 0.1) is 0 Å². The summed E-state index contributed by atoms with van der Waals surface area (Å²) in [5.74, 6) is 0.250. The number of rotatable bonds is 6. The molecule has 1 aromatic carbocycles. The molecule has 0 spiro atoms. The van der Waals surface area contributed by atoms with Gasteiger partial charge in [0.05, 0.1) is 5.56 Å². The molecule has 4 aromatic heterocycles. The standard InChI is InChI=1S/C21H16N8O4S/c1-2-22-20(30)25-15-8-12(17-27-26-16(32-17)11-6-4-3-5-7-11)13(9-23-15)19-24-14(10-34-19)18-28-29-21(31)33-18/h3-10H,2H2,1H3,(H,29,31)(H2,22,23,25,30). The third-order valence-corrected chi connectivity index (χ3v) is 5.43. The highest BCUT2D eigenvalue weighted by molar-refractivity contribution is 7.13. The molecule has 170 valence electrons. The first-order valence-electron chi connectivity index (χ1n) is 10.1. The van der Waals surface area contributed by atoms with E-state index in [1.54, 1.807) is 17.6 Å². The van der Waals surface area contributed by atoms with Gasteiger partial charge in [-0.25, -0.2) is 24.7 Å². The van der Waals surface area contributed by atoms with Gasteiger partial charge in [-0.05, 0) is 25.1 Å². The van der Waals surface area contributed by atoms with Gasteiger partial charge in [0, 0.05) is 29.2 Å². The molecule has 0 radical (unpaired) electrons. The van der Waals surface area contributed by atoms with Crippen LogP contribution in [0.3, 0.4) is 0 Å². The van der Waals surface area contributed by atoms with Crippen LogP contribution in [0.4, 0.5) is 10.6 Å². The summed E-state index contributed by atoms with van der Waals surface area (Å²) in [6.07, 6.45) is 1.55. The second-order valence-electron chi connectivity index (χ2n) is 6.83. The van der Waals surface area contributed by atoms with Gasteiger partial charge >= 0.3 is 11.8 Å². The molecule has 34 heavy (non-hydrogen) atoms. The summed E-state index contributed by atoms with van der Waals surface area (Å²) in [6, 6.07) is 10.6. The molecule has 0 saturated heterocycles. The van der Waals surface area contributed by atoms with E-state index in [2.05, 4.69) is 41.0 Å². The van der Waals surface area contributed by atoms with Crippen molar-refractivity contribution < 1.29 is 13.6 Å². The van der Waals surface area contributed by atoms with Crippen LogP contribution in [0.15, 0.2) is 61.6 Å². The van der Waals surface area contributed by atoms with Gasteiger partial charge in [-0.3, -0.25) is 5.32 Å². The normalized spacial score (nSPS) is 10.9. The van der Waals surface area contributed by atoms with Crippen LogP contribution >= 0.6 is 11.3 Å². The van der Waals surface area contributed by atoms with E-state index in [1.165, 1.54) is 11.3 Å². The van der Waals surface area contributed by atoms with E-state index in [9.17, 15) is 9.59 Å². The number of aromatic nitrogens is 6. The first-order chi connectivity index (χ1) is 16.6. The van der Waals surface area contributed by atoms with E-state index in [4.69, 9.17) is 8.83 Å². The SMILES string of the molecule is CCNC(=O)Nc1cc(-c2nnc(-c3ccccc3)o2)c(-c2nc(-c3n[nH]c(=O)o3)cs2)cn1. The Kier molecular flexibility index (Phi) is 5.66. The lowest BCUT2D eigenvalue weighted by atomic mass is 10.1. The zero-order valence-corrected chi connectivity index (χ0v) is 18.4. The fourth-order valence-corrected chi connectivity index (χ4v) is 3.87. The number of aromatic amines is 1. The van der Waals surface area contributed by atoms with Crippen LogP contribution in [0.25, 0.3) is 45.1 Å². The molecule has 4 heterocycles. The molecule has 0 fully saturated rings. The molecule has 0 atom stereocenters. The number of amides is 2. The van der Waals surface area contributed by atoms with E-state index in [0.717, 1.165) is 5.56 Å². The summed E-state index contributed by atoms with van der Waals surface area (Å²) in [5.41, 5.74) is 2.24. The minimum atomic E-state index is -0.674. The Morgan fingerprint density at radius 1 is 1.09 bits per heavy atom. The van der Waals surface area contributed by atoms with E-state index < -0.39 is 11.8 Å². The Labute approximate surface area is 195 Å². The van der Waals surface area contributed by atoms with Gasteiger partial charge in [0.1, 0.15) is 16.5 Å². The summed E-state index contributed by atoms with van der Waals surface area (Å²) in [6.45, 7) is 2.28. The van der Waals surface area contributed by atoms with E-state index in [1.807, 2.05) is 37.3 Å². The van der Waals surface area contributed by atoms with Crippen molar-refractivity contribution in [2.45, 2.75) is 6.92 Å². The predicted molar refractivity (Wildman–Crippen MR) is 123 cm³/mol. The molecule has 5 rings (SSSR count). The number of H-pyrrole nitrogens is 1. The van der Waals surface area contributed by atoms with Crippen molar-refractivity contribution in [3.63, 3.8) is 0 Å². The van der Waals surface area contributed by atoms with Gasteiger partial charge in [-0.15, -0.1) is 26.6 Å². The second kappa shape index (κ2) is 9.07. The summed E-state index contributed by atoms with van der Waals surface area (Å²) in [5, 5.41) is 21.9. The monoisotopic (exact) mass is 476 g/mol. The van der Waals surface area contributed by atoms with Crippen LogP contribution in [0.5, 0.6) is 0 Å². The van der Waals surface area contributed by atoms with E-state index >= 15 is 0 Å². The van der Waals surface area contributed by atoms with Crippen LogP contribution < -0.4 is 16.4 Å². The van der Waals surface area contributed by atoms with Crippen molar-refractivity contribution in [3.05, 3.63) is 58.5 Å². The Hall–Kier alpha value is -4.65. The number of hydrogen-bond acceptors (Lipinski definition) is 10. The van der Waals surface area contributed by atoms with Crippen molar-refractivity contribution in [1.82, 2.24) is 35.7 Å². The largest absolute Gasteiger partial charge is 0.434 e. The van der Waals surface area contributed by atoms with Gasteiger partial charge < -0.3 is 14.2 Å². The summed E-state index contributed by atoms with van der Waals surface area (Å²) >= 11 is 1.29. The first kappa shape index (κ1) is 21.2. The minimum Gasteiger partial charge on any atom is -0.416 e. The minimum absolute atomic E-state index is 0.0701. The number of benzene rings is 1. The summed E-state index contributed by atoms with van der Waals surface area (Å²) < 4.78 is 10.9. The van der Waals surface area contributed by atoms with Crippen molar-refractivity contribution in [2.75, 3.05) is 11.9 Å². The lowest BCUT2D eigenvalue weighted by Crippen LogP contribution is -2.28. The van der Waals surface area contributed by atoms with Gasteiger partial charge in [-0.2, -0.15) is 0 Å². The smallest absolute Gasteiger partial charge is 0.416 e. The molecule has 3 N–H and O–H groups in total. The number of nitrogens with zero attached hydrogens (tertiary/aromatic N) is 5. The Morgan fingerprint density at radius 2 is 1.91 bits per heavy atom. The zero-order chi connectivity index (χ0) is 23.5. The van der Waals surface area contributed by atoms with Crippen LogP contribution in [-0.2, 0) is 0 Å². The number of nitrogens with one attached hydrogen (secondary N) is 3. The molecule has 13 heteroatoms. The number of carbonyl (C=O) groups is 1. The lowest BCUT2D eigenvalue weighted by molar-refractivity contribution is 0.252. The second-order valence-corrected chi connectivity index (χ2v) is 7.69. The Balaban J connectivity index is 1.57. The Bertz CT molecular complexity index is 1500. The average molecular weight is 476 g/mol. The summed E-state index contributed by atoms with van der Waals surface area (Å²) in [4.78, 5) is 32.1. The fraction of sp³-hybridized carbons (Fsp3) is 0.0952. The van der Waals surface area contributed by atoms with Gasteiger partial charge in [0.25, 0.3) is 5.89 Å². The van der Waals surface area contributed by atoms with Gasteiger partial charge in [0.15, 0.2) is 0 Å². The molecule has 0 bridgehead atoms. The van der Waals surface area contributed by atoms with Crippen LogP contribution in [0.1, 0.15) is 6.92 Å². The predicted octanol–water partition coefficient (Wildman–Crippen LogP) is 3.41. The third-order valence-electron chi connectivity index (χ3n) is 4.55. The van der Waals surface area contributed by atoms with Crippen molar-refractivity contribution in [3.8, 4) is 45.1 Å². The highest BCUT2D eigenvalue weighted by atomic mass is 32.1. The molecule has 2 amide bonds. The Morgan fingerprint density at radius 3 is 2.68 bits per heavy atom. The highest BCUT2D eigenvalue weighted by Crippen LogP contribution is 2.36. The molecular formula is C21H16N8O4S. The van der Waals surface area contributed by atoms with Crippen molar-refractivity contribution in [2.24, 2.45) is 0 Å². The van der Waals surface area contributed by atoms with E-state index in [0.29, 0.717) is 40.1 Å². The highest BCUT2D eigenvalue weighted by Gasteiger charge is 2.20. The lowest BCUT2D eigenvalue weighted by Gasteiger charge is -2.08. The van der Waals surface area contributed by atoms with Gasteiger partial charge in [0.2, 0.25) is 11.8 Å². The maximum absolute atomic E-state index is 12.0. The fourth-order valence-electron chi connectivity index (χ4n) is 3.06. The van der Waals surface area contributed by atoms with Crippen LogP contribution in [-0.4, -0.2) is 42.9 Å². The number of urea groups is 1. The first-order valence-corrected chi connectivity index (χ1v) is 10.9. The average Bonchev–Trinajstić information content (AvgIpc) is 3.60. The molecule has 0 unspecified atom stereocenters. The van der Waals surface area contributed by atoms with Crippen molar-refractivity contribution in [1.29, 1.82) is 0 Å². The number of thiazole rings is 1. The number of anilines is 1.